The number of hydrogen-bond acceptors (Lipinski definition) is 2. The third-order valence-electron chi connectivity index (χ3n) is 7.53. The molecule has 6 aromatic carbocycles. The van der Waals surface area contributed by atoms with Gasteiger partial charge in [-0.05, 0) is 27.5 Å². The molecule has 0 saturated carbocycles. The average molecular weight is 605 g/mol. The smallest absolute Gasteiger partial charge is 0.611 e. The molecule has 0 N–H and O–H groups in total. The van der Waals surface area contributed by atoms with Crippen LogP contribution in [0.3, 0.4) is 0 Å². The summed E-state index contributed by atoms with van der Waals surface area (Å²) in [4.78, 5) is 0. The maximum absolute atomic E-state index is 7.20. The summed E-state index contributed by atoms with van der Waals surface area (Å²) in [5, 5.41) is 0.856. The summed E-state index contributed by atoms with van der Waals surface area (Å²) in [7, 11) is 0. The highest BCUT2D eigenvalue weighted by atomic mass is 27.2. The molecule has 6 aromatic rings. The lowest BCUT2D eigenvalue weighted by Crippen LogP contribution is -2.32. The maximum Gasteiger partial charge on any atom is 0.857 e. The Kier molecular flexibility index (Phi) is 10.8. The zero-order chi connectivity index (χ0) is 29.4. The third-order valence-corrected chi connectivity index (χ3v) is 9.86. The van der Waals surface area contributed by atoms with Crippen LogP contribution in [0.4, 0.5) is 0 Å². The van der Waals surface area contributed by atoms with Gasteiger partial charge in [-0.1, -0.05) is 177 Å². The number of benzene rings is 6. The highest BCUT2D eigenvalue weighted by molar-refractivity contribution is 6.47. The molecule has 44 heavy (non-hydrogen) atoms. The van der Waals surface area contributed by atoms with Gasteiger partial charge in [0, 0.05) is 22.3 Å². The van der Waals surface area contributed by atoms with Crippen LogP contribution in [0.15, 0.2) is 158 Å². The Labute approximate surface area is 277 Å². The number of para-hydroxylation sites is 2. The summed E-state index contributed by atoms with van der Waals surface area (Å²) in [6, 6.07) is 54.9. The first kappa shape index (κ1) is 31.4. The lowest BCUT2D eigenvalue weighted by atomic mass is 9.97. The predicted molar refractivity (Wildman–Crippen MR) is 191 cm³/mol. The monoisotopic (exact) mass is 604 g/mol. The first-order chi connectivity index (χ1) is 21.2. The van der Waals surface area contributed by atoms with Crippen molar-refractivity contribution in [2.45, 2.75) is 19.1 Å². The molecule has 0 aliphatic carbocycles. The van der Waals surface area contributed by atoms with Crippen molar-refractivity contribution >= 4 is 32.2 Å². The molecule has 0 fully saturated rings. The van der Waals surface area contributed by atoms with E-state index in [9.17, 15) is 0 Å². The topological polar surface area (TPSA) is 18.5 Å². The standard InChI is InChI=1S/2C18H14O.C4H9.2Al.3H/c2*19-18-16(14-8-3-1-4-9-14)12-7-13-17(18)15-10-5-2-6-11-15;1-4(2)3;;;;;/h2*1-13,19H;4H,1H2,2-3H3;;;;;/q;;;;+2;;;/p-2. The molecule has 0 amide bonds. The van der Waals surface area contributed by atoms with Crippen LogP contribution in [0.1, 0.15) is 13.8 Å². The molecule has 0 aliphatic heterocycles. The van der Waals surface area contributed by atoms with Gasteiger partial charge in [-0.25, -0.2) is 0 Å². The van der Waals surface area contributed by atoms with E-state index in [1.165, 1.54) is 0 Å². The first-order valence-electron chi connectivity index (χ1n) is 15.0. The van der Waals surface area contributed by atoms with Crippen LogP contribution in [-0.2, 0) is 0 Å². The second-order valence-corrected chi connectivity index (χ2v) is 12.9. The fourth-order valence-electron chi connectivity index (χ4n) is 5.48. The second-order valence-electron chi connectivity index (χ2n) is 11.1. The average Bonchev–Trinajstić information content (AvgIpc) is 3.06. The Balaban J connectivity index is 0.00000384. The molecule has 0 saturated heterocycles. The molecule has 216 valence electrons. The van der Waals surface area contributed by atoms with Crippen molar-refractivity contribution in [1.29, 1.82) is 0 Å². The van der Waals surface area contributed by atoms with E-state index in [-0.39, 0.29) is 17.4 Å². The zero-order valence-corrected chi connectivity index (χ0v) is 25.8. The van der Waals surface area contributed by atoms with E-state index >= 15 is 0 Å². The minimum Gasteiger partial charge on any atom is -0.611 e. The van der Waals surface area contributed by atoms with Gasteiger partial charge >= 0.3 is 14.8 Å². The Hall–Kier alpha value is -4.02. The summed E-state index contributed by atoms with van der Waals surface area (Å²) in [5.74, 6) is 2.18. The van der Waals surface area contributed by atoms with E-state index in [2.05, 4.69) is 172 Å². The van der Waals surface area contributed by atoms with Crippen LogP contribution in [0.25, 0.3) is 44.5 Å². The van der Waals surface area contributed by atoms with Crippen molar-refractivity contribution in [3.63, 3.8) is 0 Å². The van der Waals surface area contributed by atoms with E-state index in [4.69, 9.17) is 7.58 Å². The largest absolute Gasteiger partial charge is 0.857 e. The molecule has 0 heterocycles. The van der Waals surface area contributed by atoms with E-state index in [0.29, 0.717) is 5.92 Å². The SMILES string of the molecule is CC(C)[CH2][Al]([O]c1c(-c2ccccc2)cccc1-c1ccccc1)[O]c1c(-c2ccccc2)cccc1-c1ccccc1.[AlH3]. The van der Waals surface area contributed by atoms with Gasteiger partial charge in [0.15, 0.2) is 17.4 Å². The molecule has 0 unspecified atom stereocenters. The third kappa shape index (κ3) is 7.37. The molecule has 0 radical (unpaired) electrons. The minimum atomic E-state index is -2.35. The Morgan fingerprint density at radius 2 is 0.682 bits per heavy atom. The summed E-state index contributed by atoms with van der Waals surface area (Å²) >= 11 is -2.35. The van der Waals surface area contributed by atoms with Crippen molar-refractivity contribution in [3.05, 3.63) is 158 Å². The van der Waals surface area contributed by atoms with Gasteiger partial charge in [0.2, 0.25) is 0 Å². The van der Waals surface area contributed by atoms with Crippen molar-refractivity contribution in [2.75, 3.05) is 0 Å². The molecule has 4 heteroatoms. The van der Waals surface area contributed by atoms with E-state index in [1.54, 1.807) is 0 Å². The van der Waals surface area contributed by atoms with E-state index in [1.807, 2.05) is 0 Å². The van der Waals surface area contributed by atoms with Crippen LogP contribution in [0, 0.1) is 5.92 Å². The van der Waals surface area contributed by atoms with Crippen LogP contribution >= 0.6 is 0 Å². The summed E-state index contributed by atoms with van der Waals surface area (Å²) < 4.78 is 14.4. The van der Waals surface area contributed by atoms with Gasteiger partial charge in [-0.3, -0.25) is 0 Å². The van der Waals surface area contributed by atoms with Gasteiger partial charge in [0.25, 0.3) is 0 Å². The summed E-state index contributed by atoms with van der Waals surface area (Å²) in [5.41, 5.74) is 8.81. The lowest BCUT2D eigenvalue weighted by molar-refractivity contribution is 0.413. The van der Waals surface area contributed by atoms with Crippen molar-refractivity contribution < 1.29 is 7.58 Å². The number of rotatable bonds is 10. The van der Waals surface area contributed by atoms with Crippen molar-refractivity contribution in [1.82, 2.24) is 0 Å². The van der Waals surface area contributed by atoms with Gasteiger partial charge in [-0.15, -0.1) is 0 Å². The highest BCUT2D eigenvalue weighted by Crippen LogP contribution is 2.42. The molecular formula is C40H38Al2O2. The highest BCUT2D eigenvalue weighted by Gasteiger charge is 2.36. The molecular weight excluding hydrogens is 566 g/mol. The summed E-state index contributed by atoms with van der Waals surface area (Å²) in [6.07, 6.45) is 0. The molecule has 0 spiro atoms. The fourth-order valence-corrected chi connectivity index (χ4v) is 7.52. The summed E-state index contributed by atoms with van der Waals surface area (Å²) in [6.45, 7) is 4.49. The Morgan fingerprint density at radius 1 is 0.409 bits per heavy atom. The van der Waals surface area contributed by atoms with Crippen molar-refractivity contribution in [3.8, 4) is 56.0 Å². The van der Waals surface area contributed by atoms with Crippen LogP contribution < -0.4 is 7.58 Å². The normalized spacial score (nSPS) is 10.6. The zero-order valence-electron chi connectivity index (χ0n) is 24.7. The van der Waals surface area contributed by atoms with Gasteiger partial charge < -0.3 is 7.58 Å². The van der Waals surface area contributed by atoms with Crippen LogP contribution in [0.2, 0.25) is 5.28 Å². The first-order valence-corrected chi connectivity index (χ1v) is 16.7. The fraction of sp³-hybridized carbons (Fsp3) is 0.100. The molecule has 0 aromatic heterocycles. The molecule has 2 nitrogen and oxygen atoms in total. The Bertz CT molecular complexity index is 1510. The molecule has 6 rings (SSSR count). The molecule has 0 aliphatic rings. The van der Waals surface area contributed by atoms with Gasteiger partial charge in [0.05, 0.1) is 11.5 Å². The maximum atomic E-state index is 7.20. The molecule has 0 bridgehead atoms. The quantitative estimate of drug-likeness (QED) is 0.145. The lowest BCUT2D eigenvalue weighted by Gasteiger charge is -2.25. The van der Waals surface area contributed by atoms with Crippen molar-refractivity contribution in [2.24, 2.45) is 5.92 Å². The van der Waals surface area contributed by atoms with E-state index in [0.717, 1.165) is 61.3 Å². The second kappa shape index (κ2) is 15.1. The van der Waals surface area contributed by atoms with Crippen LogP contribution in [-0.4, -0.2) is 32.2 Å². The van der Waals surface area contributed by atoms with Crippen LogP contribution in [0.5, 0.6) is 11.5 Å². The van der Waals surface area contributed by atoms with Gasteiger partial charge in [0.1, 0.15) is 0 Å². The van der Waals surface area contributed by atoms with Gasteiger partial charge in [-0.2, -0.15) is 0 Å². The Morgan fingerprint density at radius 3 is 0.932 bits per heavy atom. The molecule has 0 atom stereocenters. The minimum absolute atomic E-state index is 0. The predicted octanol–water partition coefficient (Wildman–Crippen LogP) is 9.77. The number of hydrogen-bond donors (Lipinski definition) is 0. The van der Waals surface area contributed by atoms with E-state index < -0.39 is 14.8 Å².